The fourth-order valence-electron chi connectivity index (χ4n) is 2.43. The standard InChI is InChI=1S/C18H16Cl2N2O4/c1-22-6-7-25-15-5-3-12(9-13(15)18(22)24)21-17(23)10-26-16-4-2-11(19)8-14(16)20/h2-5,8-9H,6-7,10H2,1H3,(H,21,23). The molecule has 0 bridgehead atoms. The Morgan fingerprint density at radius 3 is 2.85 bits per heavy atom. The molecule has 1 N–H and O–H groups in total. The number of nitrogens with zero attached hydrogens (tertiary/aromatic N) is 1. The molecule has 0 atom stereocenters. The summed E-state index contributed by atoms with van der Waals surface area (Å²) < 4.78 is 10.9. The van der Waals surface area contributed by atoms with Crippen molar-refractivity contribution in [2.24, 2.45) is 0 Å². The van der Waals surface area contributed by atoms with Crippen LogP contribution < -0.4 is 14.8 Å². The quantitative estimate of drug-likeness (QED) is 0.861. The molecule has 6 nitrogen and oxygen atoms in total. The Hall–Kier alpha value is -2.44. The molecule has 1 aliphatic heterocycles. The number of rotatable bonds is 4. The van der Waals surface area contributed by atoms with E-state index in [9.17, 15) is 9.59 Å². The van der Waals surface area contributed by atoms with E-state index in [0.717, 1.165) is 0 Å². The average Bonchev–Trinajstić information content (AvgIpc) is 2.74. The van der Waals surface area contributed by atoms with Gasteiger partial charge in [0.25, 0.3) is 11.8 Å². The Kier molecular flexibility index (Phi) is 5.54. The largest absolute Gasteiger partial charge is 0.491 e. The smallest absolute Gasteiger partial charge is 0.262 e. The molecule has 2 amide bonds. The van der Waals surface area contributed by atoms with E-state index in [2.05, 4.69) is 5.32 Å². The minimum absolute atomic E-state index is 0.155. The van der Waals surface area contributed by atoms with Crippen LogP contribution >= 0.6 is 23.2 Å². The third kappa shape index (κ3) is 4.20. The van der Waals surface area contributed by atoms with Gasteiger partial charge in [0.05, 0.1) is 17.1 Å². The van der Waals surface area contributed by atoms with E-state index in [1.807, 2.05) is 0 Å². The lowest BCUT2D eigenvalue weighted by atomic mass is 10.1. The second-order valence-electron chi connectivity index (χ2n) is 5.70. The highest BCUT2D eigenvalue weighted by Crippen LogP contribution is 2.28. The minimum Gasteiger partial charge on any atom is -0.491 e. The molecule has 3 rings (SSSR count). The van der Waals surface area contributed by atoms with Crippen LogP contribution in [0.25, 0.3) is 0 Å². The lowest BCUT2D eigenvalue weighted by molar-refractivity contribution is -0.118. The minimum atomic E-state index is -0.383. The predicted molar refractivity (Wildman–Crippen MR) is 99.5 cm³/mol. The van der Waals surface area contributed by atoms with Crippen LogP contribution in [-0.2, 0) is 4.79 Å². The van der Waals surface area contributed by atoms with Crippen molar-refractivity contribution in [2.45, 2.75) is 0 Å². The van der Waals surface area contributed by atoms with Gasteiger partial charge in [-0.3, -0.25) is 9.59 Å². The number of hydrogen-bond donors (Lipinski definition) is 1. The number of carbonyl (C=O) groups excluding carboxylic acids is 2. The van der Waals surface area contributed by atoms with Gasteiger partial charge in [0.2, 0.25) is 0 Å². The van der Waals surface area contributed by atoms with E-state index in [1.165, 1.54) is 6.07 Å². The molecular formula is C18H16Cl2N2O4. The molecule has 0 radical (unpaired) electrons. The van der Waals surface area contributed by atoms with Gasteiger partial charge in [-0.25, -0.2) is 0 Å². The maximum atomic E-state index is 12.3. The van der Waals surface area contributed by atoms with Crippen molar-refractivity contribution in [1.29, 1.82) is 0 Å². The summed E-state index contributed by atoms with van der Waals surface area (Å²) in [7, 11) is 1.70. The van der Waals surface area contributed by atoms with Gasteiger partial charge in [-0.1, -0.05) is 23.2 Å². The second kappa shape index (κ2) is 7.85. The fraction of sp³-hybridized carbons (Fsp3) is 0.222. The highest BCUT2D eigenvalue weighted by molar-refractivity contribution is 6.35. The molecule has 0 saturated carbocycles. The number of ether oxygens (including phenoxy) is 2. The van der Waals surface area contributed by atoms with Gasteiger partial charge in [0.1, 0.15) is 18.1 Å². The van der Waals surface area contributed by atoms with Crippen molar-refractivity contribution in [3.63, 3.8) is 0 Å². The zero-order valence-electron chi connectivity index (χ0n) is 13.9. The van der Waals surface area contributed by atoms with Crippen LogP contribution in [0.2, 0.25) is 10.0 Å². The lowest BCUT2D eigenvalue weighted by Crippen LogP contribution is -2.28. The van der Waals surface area contributed by atoms with Crippen molar-refractivity contribution in [2.75, 3.05) is 32.1 Å². The van der Waals surface area contributed by atoms with E-state index < -0.39 is 0 Å². The Bertz CT molecular complexity index is 857. The monoisotopic (exact) mass is 394 g/mol. The molecule has 0 spiro atoms. The predicted octanol–water partition coefficient (Wildman–Crippen LogP) is 3.48. The first kappa shape index (κ1) is 18.4. The molecule has 8 heteroatoms. The van der Waals surface area contributed by atoms with E-state index in [0.29, 0.717) is 45.9 Å². The number of nitrogens with one attached hydrogen (secondary N) is 1. The highest BCUT2D eigenvalue weighted by atomic mass is 35.5. The van der Waals surface area contributed by atoms with Gasteiger partial charge in [-0.05, 0) is 36.4 Å². The van der Waals surface area contributed by atoms with Gasteiger partial charge in [-0.2, -0.15) is 0 Å². The van der Waals surface area contributed by atoms with Crippen molar-refractivity contribution in [1.82, 2.24) is 4.90 Å². The number of halogens is 2. The van der Waals surface area contributed by atoms with Crippen LogP contribution in [0.15, 0.2) is 36.4 Å². The lowest BCUT2D eigenvalue weighted by Gasteiger charge is -2.13. The summed E-state index contributed by atoms with van der Waals surface area (Å²) in [6.07, 6.45) is 0. The zero-order chi connectivity index (χ0) is 18.7. The number of benzene rings is 2. The summed E-state index contributed by atoms with van der Waals surface area (Å²) in [5, 5.41) is 3.49. The van der Waals surface area contributed by atoms with E-state index in [4.69, 9.17) is 32.7 Å². The molecule has 0 aromatic heterocycles. The summed E-state index contributed by atoms with van der Waals surface area (Å²) in [5.41, 5.74) is 0.885. The SMILES string of the molecule is CN1CCOc2ccc(NC(=O)COc3ccc(Cl)cc3Cl)cc2C1=O. The maximum Gasteiger partial charge on any atom is 0.262 e. The summed E-state index contributed by atoms with van der Waals surface area (Å²) in [4.78, 5) is 26.0. The van der Waals surface area contributed by atoms with Crippen LogP contribution in [0.5, 0.6) is 11.5 Å². The molecule has 0 fully saturated rings. The van der Waals surface area contributed by atoms with Gasteiger partial charge in [-0.15, -0.1) is 0 Å². The summed E-state index contributed by atoms with van der Waals surface area (Å²) >= 11 is 11.8. The van der Waals surface area contributed by atoms with Gasteiger partial charge in [0, 0.05) is 17.8 Å². The number of carbonyl (C=O) groups is 2. The normalized spacial score (nSPS) is 13.5. The van der Waals surface area contributed by atoms with E-state index in [1.54, 1.807) is 42.3 Å². The Balaban J connectivity index is 1.66. The van der Waals surface area contributed by atoms with Crippen LogP contribution in [-0.4, -0.2) is 43.5 Å². The van der Waals surface area contributed by atoms with Crippen LogP contribution in [0.4, 0.5) is 5.69 Å². The molecule has 0 unspecified atom stereocenters. The molecule has 1 heterocycles. The number of amides is 2. The highest BCUT2D eigenvalue weighted by Gasteiger charge is 2.21. The Morgan fingerprint density at radius 1 is 1.27 bits per heavy atom. The first-order valence-electron chi connectivity index (χ1n) is 7.84. The third-order valence-corrected chi connectivity index (χ3v) is 4.31. The summed E-state index contributed by atoms with van der Waals surface area (Å²) in [6.45, 7) is 0.699. The summed E-state index contributed by atoms with van der Waals surface area (Å²) in [6, 6.07) is 9.67. The van der Waals surface area contributed by atoms with Crippen molar-refractivity contribution >= 4 is 40.7 Å². The van der Waals surface area contributed by atoms with Crippen molar-refractivity contribution < 1.29 is 19.1 Å². The van der Waals surface area contributed by atoms with E-state index >= 15 is 0 Å². The fourth-order valence-corrected chi connectivity index (χ4v) is 2.90. The maximum absolute atomic E-state index is 12.3. The molecular weight excluding hydrogens is 379 g/mol. The first-order valence-corrected chi connectivity index (χ1v) is 8.59. The Morgan fingerprint density at radius 2 is 2.08 bits per heavy atom. The first-order chi connectivity index (χ1) is 12.4. The van der Waals surface area contributed by atoms with Crippen LogP contribution in [0.3, 0.4) is 0 Å². The summed E-state index contributed by atoms with van der Waals surface area (Å²) in [5.74, 6) is 0.323. The second-order valence-corrected chi connectivity index (χ2v) is 6.54. The number of anilines is 1. The van der Waals surface area contributed by atoms with Gasteiger partial charge >= 0.3 is 0 Å². The molecule has 136 valence electrons. The molecule has 1 aliphatic rings. The average molecular weight is 395 g/mol. The number of fused-ring (bicyclic) bond motifs is 1. The zero-order valence-corrected chi connectivity index (χ0v) is 15.4. The topological polar surface area (TPSA) is 67.9 Å². The molecule has 2 aromatic carbocycles. The molecule has 0 saturated heterocycles. The van der Waals surface area contributed by atoms with Crippen LogP contribution in [0.1, 0.15) is 10.4 Å². The number of likely N-dealkylation sites (N-methyl/N-ethyl adjacent to an activating group) is 1. The van der Waals surface area contributed by atoms with Gasteiger partial charge < -0.3 is 19.7 Å². The van der Waals surface area contributed by atoms with E-state index in [-0.39, 0.29) is 18.4 Å². The third-order valence-electron chi connectivity index (χ3n) is 3.78. The molecule has 0 aliphatic carbocycles. The van der Waals surface area contributed by atoms with Crippen molar-refractivity contribution in [3.8, 4) is 11.5 Å². The number of hydrogen-bond acceptors (Lipinski definition) is 4. The Labute approximate surface area is 160 Å². The molecule has 26 heavy (non-hydrogen) atoms. The molecule has 2 aromatic rings. The van der Waals surface area contributed by atoms with Gasteiger partial charge in [0.15, 0.2) is 6.61 Å². The van der Waals surface area contributed by atoms with Crippen molar-refractivity contribution in [3.05, 3.63) is 52.0 Å². The van der Waals surface area contributed by atoms with Crippen LogP contribution in [0, 0.1) is 0 Å².